The van der Waals surface area contributed by atoms with E-state index < -0.39 is 0 Å². The first-order valence-corrected chi connectivity index (χ1v) is 7.64. The fourth-order valence-corrected chi connectivity index (χ4v) is 3.38. The van der Waals surface area contributed by atoms with Gasteiger partial charge in [-0.05, 0) is 42.6 Å². The van der Waals surface area contributed by atoms with Gasteiger partial charge in [0.25, 0.3) is 0 Å². The highest BCUT2D eigenvalue weighted by atomic mass is 32.1. The predicted octanol–water partition coefficient (Wildman–Crippen LogP) is 3.12. The molecule has 0 amide bonds. The van der Waals surface area contributed by atoms with Crippen molar-refractivity contribution < 1.29 is 4.39 Å². The lowest BCUT2D eigenvalue weighted by atomic mass is 9.90. The average Bonchev–Trinajstić information content (AvgIpc) is 3.07. The van der Waals surface area contributed by atoms with E-state index in [1.54, 1.807) is 23.5 Å². The summed E-state index contributed by atoms with van der Waals surface area (Å²) in [5, 5.41) is 3.06. The Bertz CT molecular complexity index is 595. The fourth-order valence-electron chi connectivity index (χ4n) is 2.52. The molecule has 0 radical (unpaired) electrons. The molecule has 2 heterocycles. The molecule has 1 aromatic carbocycles. The molecule has 1 saturated heterocycles. The summed E-state index contributed by atoms with van der Waals surface area (Å²) in [6.07, 6.45) is 1.11. The molecule has 1 aromatic heterocycles. The van der Waals surface area contributed by atoms with Crippen LogP contribution in [0.4, 0.5) is 9.52 Å². The standard InChI is InChI=1S/C15H18FN3S/c1-15(9-17)6-7-19(10-15)14-18-13(8-20-14)11-2-4-12(16)5-3-11/h2-5,8H,6-7,9-10,17H2,1H3. The van der Waals surface area contributed by atoms with Gasteiger partial charge in [-0.15, -0.1) is 11.3 Å². The van der Waals surface area contributed by atoms with Gasteiger partial charge in [0.05, 0.1) is 5.69 Å². The van der Waals surface area contributed by atoms with Crippen molar-refractivity contribution in [1.29, 1.82) is 0 Å². The van der Waals surface area contributed by atoms with Crippen molar-refractivity contribution in [1.82, 2.24) is 4.98 Å². The van der Waals surface area contributed by atoms with Crippen LogP contribution in [0.5, 0.6) is 0 Å². The van der Waals surface area contributed by atoms with Crippen molar-refractivity contribution in [3.05, 3.63) is 35.5 Å². The third kappa shape index (κ3) is 2.55. The Kier molecular flexibility index (Phi) is 3.48. The van der Waals surface area contributed by atoms with Crippen LogP contribution in [-0.4, -0.2) is 24.6 Å². The molecule has 0 spiro atoms. The topological polar surface area (TPSA) is 42.1 Å². The molecular formula is C15H18FN3S. The van der Waals surface area contributed by atoms with E-state index in [4.69, 9.17) is 5.73 Å². The van der Waals surface area contributed by atoms with E-state index in [1.807, 2.05) is 5.38 Å². The summed E-state index contributed by atoms with van der Waals surface area (Å²) in [5.41, 5.74) is 7.90. The number of benzene rings is 1. The number of nitrogens with two attached hydrogens (primary N) is 1. The first kappa shape index (κ1) is 13.5. The van der Waals surface area contributed by atoms with E-state index in [0.29, 0.717) is 6.54 Å². The summed E-state index contributed by atoms with van der Waals surface area (Å²) in [7, 11) is 0. The highest BCUT2D eigenvalue weighted by Gasteiger charge is 2.33. The van der Waals surface area contributed by atoms with Crippen LogP contribution in [0.3, 0.4) is 0 Å². The summed E-state index contributed by atoms with van der Waals surface area (Å²) in [6, 6.07) is 6.47. The van der Waals surface area contributed by atoms with Crippen LogP contribution in [0.25, 0.3) is 11.3 Å². The molecule has 2 aromatic rings. The number of rotatable bonds is 3. The lowest BCUT2D eigenvalue weighted by Gasteiger charge is -2.21. The van der Waals surface area contributed by atoms with Crippen LogP contribution >= 0.6 is 11.3 Å². The summed E-state index contributed by atoms with van der Waals surface area (Å²) >= 11 is 1.64. The van der Waals surface area contributed by atoms with Crippen molar-refractivity contribution in [3.63, 3.8) is 0 Å². The number of thiazole rings is 1. The molecule has 0 bridgehead atoms. The van der Waals surface area contributed by atoms with E-state index in [1.165, 1.54) is 12.1 Å². The Morgan fingerprint density at radius 2 is 2.15 bits per heavy atom. The smallest absolute Gasteiger partial charge is 0.185 e. The SMILES string of the molecule is CC1(CN)CCN(c2nc(-c3ccc(F)cc3)cs2)C1. The van der Waals surface area contributed by atoms with Gasteiger partial charge in [0.1, 0.15) is 5.82 Å². The summed E-state index contributed by atoms with van der Waals surface area (Å²) in [4.78, 5) is 6.97. The van der Waals surface area contributed by atoms with Gasteiger partial charge in [-0.25, -0.2) is 9.37 Å². The Morgan fingerprint density at radius 1 is 1.40 bits per heavy atom. The number of anilines is 1. The minimum absolute atomic E-state index is 0.196. The molecule has 5 heteroatoms. The van der Waals surface area contributed by atoms with Crippen molar-refractivity contribution >= 4 is 16.5 Å². The van der Waals surface area contributed by atoms with Gasteiger partial charge in [0.2, 0.25) is 0 Å². The van der Waals surface area contributed by atoms with Gasteiger partial charge in [-0.1, -0.05) is 6.92 Å². The molecule has 1 aliphatic heterocycles. The number of nitrogens with zero attached hydrogens (tertiary/aromatic N) is 2. The summed E-state index contributed by atoms with van der Waals surface area (Å²) in [6.45, 7) is 4.89. The minimum Gasteiger partial charge on any atom is -0.347 e. The maximum absolute atomic E-state index is 12.9. The lowest BCUT2D eigenvalue weighted by Crippen LogP contribution is -2.31. The third-order valence-electron chi connectivity index (χ3n) is 3.95. The van der Waals surface area contributed by atoms with Crippen molar-refractivity contribution in [3.8, 4) is 11.3 Å². The summed E-state index contributed by atoms with van der Waals surface area (Å²) in [5.74, 6) is -0.220. The van der Waals surface area contributed by atoms with Crippen LogP contribution in [0.15, 0.2) is 29.6 Å². The van der Waals surface area contributed by atoms with Crippen molar-refractivity contribution in [2.45, 2.75) is 13.3 Å². The summed E-state index contributed by atoms with van der Waals surface area (Å²) < 4.78 is 12.9. The van der Waals surface area contributed by atoms with Gasteiger partial charge >= 0.3 is 0 Å². The molecule has 2 N–H and O–H groups in total. The van der Waals surface area contributed by atoms with E-state index in [0.717, 1.165) is 35.9 Å². The largest absolute Gasteiger partial charge is 0.347 e. The third-order valence-corrected chi connectivity index (χ3v) is 4.85. The Labute approximate surface area is 122 Å². The van der Waals surface area contributed by atoms with Gasteiger partial charge in [-0.2, -0.15) is 0 Å². The zero-order chi connectivity index (χ0) is 14.2. The molecule has 3 rings (SSSR count). The number of aromatic nitrogens is 1. The van der Waals surface area contributed by atoms with E-state index in [-0.39, 0.29) is 11.2 Å². The van der Waals surface area contributed by atoms with Crippen LogP contribution < -0.4 is 10.6 Å². The van der Waals surface area contributed by atoms with Crippen LogP contribution in [0.2, 0.25) is 0 Å². The normalized spacial score (nSPS) is 22.4. The van der Waals surface area contributed by atoms with Crippen LogP contribution in [0, 0.1) is 11.2 Å². The Balaban J connectivity index is 1.79. The lowest BCUT2D eigenvalue weighted by molar-refractivity contribution is 0.383. The van der Waals surface area contributed by atoms with E-state index in [9.17, 15) is 4.39 Å². The average molecular weight is 291 g/mol. The van der Waals surface area contributed by atoms with Crippen LogP contribution in [-0.2, 0) is 0 Å². The van der Waals surface area contributed by atoms with Crippen molar-refractivity contribution in [2.75, 3.05) is 24.5 Å². The van der Waals surface area contributed by atoms with Crippen molar-refractivity contribution in [2.24, 2.45) is 11.1 Å². The first-order valence-electron chi connectivity index (χ1n) is 6.76. The first-order chi connectivity index (χ1) is 9.59. The van der Waals surface area contributed by atoms with Gasteiger partial charge in [0.15, 0.2) is 5.13 Å². The molecule has 1 aliphatic rings. The molecule has 1 atom stereocenters. The maximum Gasteiger partial charge on any atom is 0.185 e. The fraction of sp³-hybridized carbons (Fsp3) is 0.400. The number of hydrogen-bond acceptors (Lipinski definition) is 4. The molecule has 0 saturated carbocycles. The Morgan fingerprint density at radius 3 is 2.80 bits per heavy atom. The zero-order valence-electron chi connectivity index (χ0n) is 11.5. The minimum atomic E-state index is -0.220. The number of halogens is 1. The molecule has 0 aliphatic carbocycles. The zero-order valence-corrected chi connectivity index (χ0v) is 12.3. The second kappa shape index (κ2) is 5.14. The highest BCUT2D eigenvalue weighted by Crippen LogP contribution is 2.35. The monoisotopic (exact) mass is 291 g/mol. The van der Waals surface area contributed by atoms with Gasteiger partial charge < -0.3 is 10.6 Å². The highest BCUT2D eigenvalue weighted by molar-refractivity contribution is 7.14. The molecule has 1 unspecified atom stereocenters. The van der Waals surface area contributed by atoms with Crippen LogP contribution in [0.1, 0.15) is 13.3 Å². The molecule has 3 nitrogen and oxygen atoms in total. The predicted molar refractivity (Wildman–Crippen MR) is 81.5 cm³/mol. The molecule has 106 valence electrons. The second-order valence-electron chi connectivity index (χ2n) is 5.71. The number of hydrogen-bond donors (Lipinski definition) is 1. The van der Waals surface area contributed by atoms with E-state index in [2.05, 4.69) is 16.8 Å². The van der Waals surface area contributed by atoms with Gasteiger partial charge in [0, 0.05) is 24.0 Å². The van der Waals surface area contributed by atoms with E-state index >= 15 is 0 Å². The molecule has 1 fully saturated rings. The van der Waals surface area contributed by atoms with Gasteiger partial charge in [-0.3, -0.25) is 0 Å². The second-order valence-corrected chi connectivity index (χ2v) is 6.55. The Hall–Kier alpha value is -1.46. The maximum atomic E-state index is 12.9. The molecule has 20 heavy (non-hydrogen) atoms. The quantitative estimate of drug-likeness (QED) is 0.944. The molecular weight excluding hydrogens is 273 g/mol.